The second-order valence-electron chi connectivity index (χ2n) is 8.24. The van der Waals surface area contributed by atoms with Crippen LogP contribution in [0.1, 0.15) is 61.8 Å². The highest BCUT2D eigenvalue weighted by molar-refractivity contribution is 5.86. The molecule has 140 valence electrons. The highest BCUT2D eigenvalue weighted by Crippen LogP contribution is 2.36. The van der Waals surface area contributed by atoms with Crippen LogP contribution in [0.15, 0.2) is 0 Å². The molecule has 0 aliphatic heterocycles. The van der Waals surface area contributed by atoms with Crippen molar-refractivity contribution in [3.63, 3.8) is 0 Å². The Labute approximate surface area is 144 Å². The van der Waals surface area contributed by atoms with Crippen LogP contribution in [-0.4, -0.2) is 35.0 Å². The third kappa shape index (κ3) is 6.86. The minimum Gasteiger partial charge on any atom is -0.480 e. The summed E-state index contributed by atoms with van der Waals surface area (Å²) >= 11 is 0. The lowest BCUT2D eigenvalue weighted by Crippen LogP contribution is -2.54. The fourth-order valence-electron chi connectivity index (χ4n) is 2.72. The Balaban J connectivity index is 5.05. The van der Waals surface area contributed by atoms with Crippen LogP contribution in [0.5, 0.6) is 0 Å². The van der Waals surface area contributed by atoms with Crippen molar-refractivity contribution < 1.29 is 19.5 Å². The lowest BCUT2D eigenvalue weighted by molar-refractivity contribution is -0.145. The second kappa shape index (κ2) is 8.46. The standard InChI is InChI=1S/C17H33N3O4/c1-10(2)13(21)19-20-15(24)17(7,8)9-16(5,6)12(14(22)23)18-11(3)4/h10-12,18H,9H2,1-8H3,(H,19,21)(H,20,24)(H,22,23). The topological polar surface area (TPSA) is 108 Å². The molecule has 0 heterocycles. The zero-order valence-corrected chi connectivity index (χ0v) is 16.1. The van der Waals surface area contributed by atoms with E-state index >= 15 is 0 Å². The van der Waals surface area contributed by atoms with Crippen LogP contribution in [-0.2, 0) is 14.4 Å². The molecule has 0 aliphatic rings. The van der Waals surface area contributed by atoms with Gasteiger partial charge in [0, 0.05) is 17.4 Å². The number of aliphatic carboxylic acids is 1. The molecule has 0 aromatic rings. The van der Waals surface area contributed by atoms with Crippen LogP contribution in [0, 0.1) is 16.7 Å². The number of carboxylic acid groups (broad SMARTS) is 1. The SMILES string of the molecule is CC(C)NC(C(=O)O)C(C)(C)CC(C)(C)C(=O)NNC(=O)C(C)C. The molecule has 7 nitrogen and oxygen atoms in total. The summed E-state index contributed by atoms with van der Waals surface area (Å²) in [5.41, 5.74) is 3.30. The number of carbonyl (C=O) groups is 3. The highest BCUT2D eigenvalue weighted by atomic mass is 16.4. The molecular weight excluding hydrogens is 310 g/mol. The van der Waals surface area contributed by atoms with Crippen LogP contribution in [0.4, 0.5) is 0 Å². The van der Waals surface area contributed by atoms with Crippen molar-refractivity contribution in [2.75, 3.05) is 0 Å². The van der Waals surface area contributed by atoms with Crippen LogP contribution in [0.25, 0.3) is 0 Å². The summed E-state index contributed by atoms with van der Waals surface area (Å²) in [6.45, 7) is 14.3. The van der Waals surface area contributed by atoms with E-state index in [1.54, 1.807) is 27.7 Å². The Kier molecular flexibility index (Phi) is 7.89. The van der Waals surface area contributed by atoms with Crippen molar-refractivity contribution in [2.24, 2.45) is 16.7 Å². The van der Waals surface area contributed by atoms with Crippen molar-refractivity contribution in [3.05, 3.63) is 0 Å². The Morgan fingerprint density at radius 3 is 1.83 bits per heavy atom. The van der Waals surface area contributed by atoms with Crippen molar-refractivity contribution in [2.45, 2.75) is 73.9 Å². The van der Waals surface area contributed by atoms with Gasteiger partial charge >= 0.3 is 5.97 Å². The van der Waals surface area contributed by atoms with Gasteiger partial charge in [-0.25, -0.2) is 0 Å². The van der Waals surface area contributed by atoms with Gasteiger partial charge in [0.25, 0.3) is 0 Å². The fourth-order valence-corrected chi connectivity index (χ4v) is 2.72. The molecule has 0 aromatic heterocycles. The number of carbonyl (C=O) groups excluding carboxylic acids is 2. The van der Waals surface area contributed by atoms with E-state index in [0.717, 1.165) is 0 Å². The molecule has 0 rings (SSSR count). The summed E-state index contributed by atoms with van der Waals surface area (Å²) in [4.78, 5) is 35.6. The summed E-state index contributed by atoms with van der Waals surface area (Å²) in [7, 11) is 0. The van der Waals surface area contributed by atoms with Crippen molar-refractivity contribution in [1.29, 1.82) is 0 Å². The lowest BCUT2D eigenvalue weighted by Gasteiger charge is -2.39. The maximum absolute atomic E-state index is 12.4. The Bertz CT molecular complexity index is 470. The molecule has 0 fully saturated rings. The number of hydrogen-bond acceptors (Lipinski definition) is 4. The first-order chi connectivity index (χ1) is 10.7. The molecule has 0 radical (unpaired) electrons. The number of hydrogen-bond donors (Lipinski definition) is 4. The molecule has 1 unspecified atom stereocenters. The Morgan fingerprint density at radius 1 is 0.958 bits per heavy atom. The molecule has 0 bridgehead atoms. The van der Waals surface area contributed by atoms with Gasteiger partial charge in [0.1, 0.15) is 6.04 Å². The first-order valence-electron chi connectivity index (χ1n) is 8.30. The first-order valence-corrected chi connectivity index (χ1v) is 8.30. The number of hydrazine groups is 1. The lowest BCUT2D eigenvalue weighted by atomic mass is 9.70. The van der Waals surface area contributed by atoms with Gasteiger partial charge in [-0.3, -0.25) is 25.2 Å². The quantitative estimate of drug-likeness (QED) is 0.502. The van der Waals surface area contributed by atoms with E-state index in [4.69, 9.17) is 0 Å². The van der Waals surface area contributed by atoms with Crippen molar-refractivity contribution in [3.8, 4) is 0 Å². The van der Waals surface area contributed by atoms with Crippen LogP contribution >= 0.6 is 0 Å². The maximum atomic E-state index is 12.4. The van der Waals surface area contributed by atoms with E-state index in [9.17, 15) is 19.5 Å². The molecule has 0 saturated carbocycles. The van der Waals surface area contributed by atoms with E-state index in [-0.39, 0.29) is 23.8 Å². The predicted octanol–water partition coefficient (Wildman–Crippen LogP) is 1.68. The molecule has 1 atom stereocenters. The average molecular weight is 343 g/mol. The first kappa shape index (κ1) is 22.4. The van der Waals surface area contributed by atoms with Crippen molar-refractivity contribution in [1.82, 2.24) is 16.2 Å². The van der Waals surface area contributed by atoms with Gasteiger partial charge in [-0.2, -0.15) is 0 Å². The highest BCUT2D eigenvalue weighted by Gasteiger charge is 2.42. The second-order valence-corrected chi connectivity index (χ2v) is 8.24. The smallest absolute Gasteiger partial charge is 0.321 e. The molecule has 2 amide bonds. The van der Waals surface area contributed by atoms with Crippen LogP contribution < -0.4 is 16.2 Å². The largest absolute Gasteiger partial charge is 0.480 e. The molecule has 7 heteroatoms. The molecule has 0 aromatic carbocycles. The molecule has 24 heavy (non-hydrogen) atoms. The third-order valence-electron chi connectivity index (χ3n) is 3.86. The number of carboxylic acids is 1. The Morgan fingerprint density at radius 2 is 1.46 bits per heavy atom. The summed E-state index contributed by atoms with van der Waals surface area (Å²) in [6, 6.07) is -0.775. The summed E-state index contributed by atoms with van der Waals surface area (Å²) < 4.78 is 0. The zero-order valence-electron chi connectivity index (χ0n) is 16.1. The minimum absolute atomic E-state index is 0.00708. The average Bonchev–Trinajstić information content (AvgIpc) is 2.39. The van der Waals surface area contributed by atoms with Gasteiger partial charge in [-0.1, -0.05) is 55.4 Å². The van der Waals surface area contributed by atoms with Crippen LogP contribution in [0.3, 0.4) is 0 Å². The van der Waals surface area contributed by atoms with Gasteiger partial charge in [-0.05, 0) is 11.8 Å². The van der Waals surface area contributed by atoms with E-state index in [1.165, 1.54) is 0 Å². The number of amides is 2. The third-order valence-corrected chi connectivity index (χ3v) is 3.86. The van der Waals surface area contributed by atoms with Gasteiger partial charge in [-0.15, -0.1) is 0 Å². The summed E-state index contributed by atoms with van der Waals surface area (Å²) in [5.74, 6) is -1.81. The maximum Gasteiger partial charge on any atom is 0.321 e. The van der Waals surface area contributed by atoms with Crippen LogP contribution in [0.2, 0.25) is 0 Å². The molecule has 0 saturated heterocycles. The van der Waals surface area contributed by atoms with Gasteiger partial charge < -0.3 is 10.4 Å². The minimum atomic E-state index is -0.946. The summed E-state index contributed by atoms with van der Waals surface area (Å²) in [6.07, 6.45) is 0.333. The molecular formula is C17H33N3O4. The molecule has 4 N–H and O–H groups in total. The number of nitrogens with one attached hydrogen (secondary N) is 3. The molecule has 0 aliphatic carbocycles. The van der Waals surface area contributed by atoms with E-state index < -0.39 is 22.8 Å². The zero-order chi connectivity index (χ0) is 19.3. The number of rotatable bonds is 8. The Hall–Kier alpha value is -1.63. The normalized spacial score (nSPS) is 13.8. The van der Waals surface area contributed by atoms with E-state index in [0.29, 0.717) is 6.42 Å². The molecule has 0 spiro atoms. The summed E-state index contributed by atoms with van der Waals surface area (Å²) in [5, 5.41) is 12.6. The van der Waals surface area contributed by atoms with Gasteiger partial charge in [0.15, 0.2) is 0 Å². The van der Waals surface area contributed by atoms with Gasteiger partial charge in [0.05, 0.1) is 0 Å². The van der Waals surface area contributed by atoms with E-state index in [2.05, 4.69) is 16.2 Å². The fraction of sp³-hybridized carbons (Fsp3) is 0.824. The van der Waals surface area contributed by atoms with E-state index in [1.807, 2.05) is 27.7 Å². The van der Waals surface area contributed by atoms with Gasteiger partial charge in [0.2, 0.25) is 11.8 Å². The van der Waals surface area contributed by atoms with Crippen molar-refractivity contribution >= 4 is 17.8 Å². The monoisotopic (exact) mass is 343 g/mol. The predicted molar refractivity (Wildman–Crippen MR) is 93.0 cm³/mol.